The Morgan fingerprint density at radius 1 is 1.14 bits per heavy atom. The van der Waals surface area contributed by atoms with E-state index in [-0.39, 0.29) is 12.6 Å². The van der Waals surface area contributed by atoms with E-state index in [9.17, 15) is 9.59 Å². The molecule has 8 nitrogen and oxygen atoms in total. The van der Waals surface area contributed by atoms with Gasteiger partial charge in [0.2, 0.25) is 0 Å². The Morgan fingerprint density at radius 2 is 1.81 bits per heavy atom. The first-order chi connectivity index (χ1) is 17.5. The van der Waals surface area contributed by atoms with Crippen molar-refractivity contribution >= 4 is 64.2 Å². The second-order valence-electron chi connectivity index (χ2n) is 9.47. The predicted octanol–water partition coefficient (Wildman–Crippen LogP) is 6.63. The summed E-state index contributed by atoms with van der Waals surface area (Å²) in [4.78, 5) is 39.9. The van der Waals surface area contributed by atoms with Crippen LogP contribution in [-0.2, 0) is 11.3 Å². The van der Waals surface area contributed by atoms with E-state index in [2.05, 4.69) is 9.97 Å². The molecule has 0 N–H and O–H groups in total. The van der Waals surface area contributed by atoms with E-state index in [1.54, 1.807) is 25.2 Å². The molecule has 0 bridgehead atoms. The normalized spacial score (nSPS) is 13.4. The van der Waals surface area contributed by atoms with Crippen molar-refractivity contribution < 1.29 is 14.3 Å². The third-order valence-corrected chi connectivity index (χ3v) is 6.67. The first kappa shape index (κ1) is 27.0. The molecule has 11 heteroatoms. The molecule has 2 amide bonds. The second-order valence-corrected chi connectivity index (χ2v) is 11.1. The smallest absolute Gasteiger partial charge is 0.410 e. The van der Waals surface area contributed by atoms with Gasteiger partial charge in [0.05, 0.1) is 15.7 Å². The van der Waals surface area contributed by atoms with E-state index >= 15 is 0 Å². The van der Waals surface area contributed by atoms with Gasteiger partial charge in [0.15, 0.2) is 11.0 Å². The molecule has 1 aliphatic rings. The lowest BCUT2D eigenvalue weighted by Crippen LogP contribution is -2.46. The van der Waals surface area contributed by atoms with E-state index in [4.69, 9.17) is 27.9 Å². The first-order valence-electron chi connectivity index (χ1n) is 11.5. The maximum atomic E-state index is 13.5. The Balaban J connectivity index is 1.73. The summed E-state index contributed by atoms with van der Waals surface area (Å²) in [5, 5.41) is 1.26. The molecule has 3 aromatic rings. The number of rotatable bonds is 5. The SMILES string of the molecule is CSc1ncc2c(n1)N(c1cccc(CN(C)C(=O)OC(C)(C)C)c1)CN(c1c(Cl)cccc1Cl)C2=O. The monoisotopic (exact) mass is 559 g/mol. The number of aromatic nitrogens is 2. The number of para-hydroxylation sites is 1. The summed E-state index contributed by atoms with van der Waals surface area (Å²) in [7, 11) is 1.69. The van der Waals surface area contributed by atoms with Crippen molar-refractivity contribution in [3.8, 4) is 0 Å². The Morgan fingerprint density at radius 3 is 2.46 bits per heavy atom. The summed E-state index contributed by atoms with van der Waals surface area (Å²) < 4.78 is 5.48. The number of thioether (sulfide) groups is 1. The van der Waals surface area contributed by atoms with Crippen molar-refractivity contribution in [2.24, 2.45) is 0 Å². The van der Waals surface area contributed by atoms with Crippen molar-refractivity contribution in [2.45, 2.75) is 38.1 Å². The molecule has 1 aliphatic heterocycles. The van der Waals surface area contributed by atoms with Gasteiger partial charge in [-0.15, -0.1) is 0 Å². The van der Waals surface area contributed by atoms with E-state index < -0.39 is 11.7 Å². The van der Waals surface area contributed by atoms with Crippen LogP contribution in [0.5, 0.6) is 0 Å². The number of halogens is 2. The van der Waals surface area contributed by atoms with Gasteiger partial charge in [0.1, 0.15) is 17.8 Å². The Labute approximate surface area is 230 Å². The molecular weight excluding hydrogens is 533 g/mol. The molecule has 4 rings (SSSR count). The number of fused-ring (bicyclic) bond motifs is 1. The fourth-order valence-corrected chi connectivity index (χ4v) is 4.79. The Kier molecular flexibility index (Phi) is 7.87. The summed E-state index contributed by atoms with van der Waals surface area (Å²) >= 11 is 14.3. The van der Waals surface area contributed by atoms with Gasteiger partial charge in [-0.25, -0.2) is 14.8 Å². The minimum absolute atomic E-state index is 0.130. The van der Waals surface area contributed by atoms with Crippen LogP contribution in [0.4, 0.5) is 22.0 Å². The summed E-state index contributed by atoms with van der Waals surface area (Å²) in [6.07, 6.45) is 2.99. The van der Waals surface area contributed by atoms with Gasteiger partial charge in [-0.3, -0.25) is 9.69 Å². The topological polar surface area (TPSA) is 78.9 Å². The number of ether oxygens (including phenoxy) is 1. The number of benzene rings is 2. The zero-order chi connectivity index (χ0) is 26.9. The largest absolute Gasteiger partial charge is 0.444 e. The maximum Gasteiger partial charge on any atom is 0.410 e. The van der Waals surface area contributed by atoms with E-state index in [1.807, 2.05) is 56.2 Å². The first-order valence-corrected chi connectivity index (χ1v) is 13.4. The number of nitrogens with zero attached hydrogens (tertiary/aromatic N) is 5. The number of hydrogen-bond acceptors (Lipinski definition) is 7. The molecule has 0 saturated carbocycles. The molecule has 194 valence electrons. The maximum absolute atomic E-state index is 13.5. The minimum Gasteiger partial charge on any atom is -0.444 e. The molecule has 2 aromatic carbocycles. The summed E-state index contributed by atoms with van der Waals surface area (Å²) in [6.45, 7) is 5.95. The van der Waals surface area contributed by atoms with Crippen molar-refractivity contribution in [3.63, 3.8) is 0 Å². The molecule has 1 aromatic heterocycles. The number of carbonyl (C=O) groups is 2. The molecule has 0 fully saturated rings. The standard InChI is InChI=1S/C26H27Cl2N5O3S/c1-26(2,3)36-25(35)31(4)14-16-8-6-9-17(12-16)32-15-33(21-19(27)10-7-11-20(21)28)23(34)18-13-29-24(37-5)30-22(18)32/h6-13H,14-15H2,1-5H3. The number of amides is 2. The third kappa shape index (κ3) is 5.95. The molecule has 0 spiro atoms. The molecule has 0 aliphatic carbocycles. The molecular formula is C26H27Cl2N5O3S. The summed E-state index contributed by atoms with van der Waals surface area (Å²) in [5.74, 6) is 0.191. The van der Waals surface area contributed by atoms with Gasteiger partial charge in [-0.1, -0.05) is 53.2 Å². The summed E-state index contributed by atoms with van der Waals surface area (Å²) in [5.41, 5.74) is 1.82. The van der Waals surface area contributed by atoms with Crippen molar-refractivity contribution in [2.75, 3.05) is 29.8 Å². The summed E-state index contributed by atoms with van der Waals surface area (Å²) in [6, 6.07) is 12.8. The highest BCUT2D eigenvalue weighted by molar-refractivity contribution is 7.98. The molecule has 0 saturated heterocycles. The quantitative estimate of drug-likeness (QED) is 0.256. The number of hydrogen-bond donors (Lipinski definition) is 0. The van der Waals surface area contributed by atoms with Gasteiger partial charge in [-0.05, 0) is 56.9 Å². The van der Waals surface area contributed by atoms with Gasteiger partial charge in [0, 0.05) is 25.5 Å². The second kappa shape index (κ2) is 10.8. The van der Waals surface area contributed by atoms with Crippen LogP contribution in [0.25, 0.3) is 0 Å². The third-order valence-electron chi connectivity index (χ3n) is 5.50. The number of anilines is 3. The molecule has 37 heavy (non-hydrogen) atoms. The molecule has 0 unspecified atom stereocenters. The average molecular weight is 561 g/mol. The van der Waals surface area contributed by atoms with Crippen LogP contribution in [0.2, 0.25) is 10.0 Å². The lowest BCUT2D eigenvalue weighted by atomic mass is 10.1. The zero-order valence-electron chi connectivity index (χ0n) is 21.2. The van der Waals surface area contributed by atoms with Crippen LogP contribution in [0, 0.1) is 0 Å². The Bertz CT molecular complexity index is 1330. The van der Waals surface area contributed by atoms with Gasteiger partial charge >= 0.3 is 6.09 Å². The molecule has 0 atom stereocenters. The van der Waals surface area contributed by atoms with Crippen LogP contribution >= 0.6 is 35.0 Å². The lowest BCUT2D eigenvalue weighted by molar-refractivity contribution is 0.0285. The highest BCUT2D eigenvalue weighted by Gasteiger charge is 2.35. The van der Waals surface area contributed by atoms with Crippen LogP contribution in [-0.4, -0.2) is 52.4 Å². The number of carbonyl (C=O) groups excluding carboxylic acids is 2. The fourth-order valence-electron chi connectivity index (χ4n) is 3.85. The van der Waals surface area contributed by atoms with E-state index in [1.165, 1.54) is 27.8 Å². The lowest BCUT2D eigenvalue weighted by Gasteiger charge is -2.37. The van der Waals surface area contributed by atoms with Crippen LogP contribution in [0.15, 0.2) is 53.8 Å². The highest BCUT2D eigenvalue weighted by Crippen LogP contribution is 2.40. The molecule has 0 radical (unpaired) electrons. The minimum atomic E-state index is -0.588. The van der Waals surface area contributed by atoms with Gasteiger partial charge in [0.25, 0.3) is 5.91 Å². The van der Waals surface area contributed by atoms with Crippen LogP contribution < -0.4 is 9.80 Å². The van der Waals surface area contributed by atoms with E-state index in [0.29, 0.717) is 38.8 Å². The van der Waals surface area contributed by atoms with Gasteiger partial charge < -0.3 is 14.5 Å². The van der Waals surface area contributed by atoms with Crippen molar-refractivity contribution in [1.29, 1.82) is 0 Å². The highest BCUT2D eigenvalue weighted by atomic mass is 35.5. The van der Waals surface area contributed by atoms with E-state index in [0.717, 1.165) is 11.3 Å². The Hall–Kier alpha value is -3.01. The van der Waals surface area contributed by atoms with Crippen molar-refractivity contribution in [1.82, 2.24) is 14.9 Å². The van der Waals surface area contributed by atoms with Crippen LogP contribution in [0.1, 0.15) is 36.7 Å². The van der Waals surface area contributed by atoms with Crippen LogP contribution in [0.3, 0.4) is 0 Å². The molecule has 2 heterocycles. The van der Waals surface area contributed by atoms with Crippen molar-refractivity contribution in [3.05, 3.63) is 69.8 Å². The van der Waals surface area contributed by atoms with Gasteiger partial charge in [-0.2, -0.15) is 0 Å². The average Bonchev–Trinajstić information content (AvgIpc) is 2.84. The zero-order valence-corrected chi connectivity index (χ0v) is 23.5. The predicted molar refractivity (Wildman–Crippen MR) is 148 cm³/mol. The fraction of sp³-hybridized carbons (Fsp3) is 0.308.